The summed E-state index contributed by atoms with van der Waals surface area (Å²) in [4.78, 5) is 16.7. The topological polar surface area (TPSA) is 121 Å². The Kier molecular flexibility index (Phi) is 5.52. The summed E-state index contributed by atoms with van der Waals surface area (Å²) in [6.07, 6.45) is 2.59. The Labute approximate surface area is 195 Å². The minimum atomic E-state index is -0.874. The lowest BCUT2D eigenvalue weighted by atomic mass is 9.97. The van der Waals surface area contributed by atoms with Crippen molar-refractivity contribution in [2.45, 2.75) is 33.7 Å². The monoisotopic (exact) mass is 463 g/mol. The van der Waals surface area contributed by atoms with E-state index in [-0.39, 0.29) is 11.2 Å². The van der Waals surface area contributed by atoms with Crippen LogP contribution >= 0.6 is 0 Å². The molecule has 0 fully saturated rings. The lowest BCUT2D eigenvalue weighted by Gasteiger charge is -2.19. The molecule has 0 amide bonds. The number of benzene rings is 1. The van der Waals surface area contributed by atoms with Gasteiger partial charge in [0.05, 0.1) is 6.26 Å². The Morgan fingerprint density at radius 3 is 2.76 bits per heavy atom. The Morgan fingerprint density at radius 1 is 1.15 bits per heavy atom. The van der Waals surface area contributed by atoms with Gasteiger partial charge in [0.15, 0.2) is 29.0 Å². The number of fused-ring (bicyclic) bond motifs is 2. The second kappa shape index (κ2) is 8.53. The minimum Gasteiger partial charge on any atom is -0.464 e. The summed E-state index contributed by atoms with van der Waals surface area (Å²) >= 11 is 0. The molecule has 0 radical (unpaired) electrons. The molecule has 0 unspecified atom stereocenters. The number of oxazole rings is 1. The molecule has 4 aromatic heterocycles. The molecular formula is C24H26FN7O2. The van der Waals surface area contributed by atoms with Crippen LogP contribution in [0.2, 0.25) is 0 Å². The van der Waals surface area contributed by atoms with Crippen molar-refractivity contribution in [3.63, 3.8) is 0 Å². The summed E-state index contributed by atoms with van der Waals surface area (Å²) < 4.78 is 27.1. The number of halogens is 1. The zero-order chi connectivity index (χ0) is 23.9. The van der Waals surface area contributed by atoms with Crippen LogP contribution in [0.15, 0.2) is 45.8 Å². The lowest BCUT2D eigenvalue weighted by molar-refractivity contribution is 0.375. The van der Waals surface area contributed by atoms with Crippen molar-refractivity contribution in [3.05, 3.63) is 54.4 Å². The zero-order valence-corrected chi connectivity index (χ0v) is 19.3. The number of nitrogens with zero attached hydrogens (tertiary/aromatic N) is 5. The molecule has 176 valence electrons. The first-order valence-corrected chi connectivity index (χ1v) is 11.1. The maximum absolute atomic E-state index is 14.1. The average Bonchev–Trinajstić information content (AvgIpc) is 3.50. The molecule has 5 rings (SSSR count). The third kappa shape index (κ3) is 4.36. The number of imidazole rings is 1. The van der Waals surface area contributed by atoms with Crippen molar-refractivity contribution in [2.75, 3.05) is 18.8 Å². The molecule has 34 heavy (non-hydrogen) atoms. The molecule has 1 aromatic carbocycles. The van der Waals surface area contributed by atoms with E-state index < -0.39 is 6.08 Å². The third-order valence-electron chi connectivity index (χ3n) is 5.53. The predicted octanol–water partition coefficient (Wildman–Crippen LogP) is 4.18. The molecule has 0 spiro atoms. The van der Waals surface area contributed by atoms with E-state index in [0.717, 1.165) is 23.2 Å². The van der Waals surface area contributed by atoms with Crippen LogP contribution in [-0.4, -0.2) is 37.6 Å². The number of nitrogens with one attached hydrogen (secondary N) is 1. The second-order valence-electron chi connectivity index (χ2n) is 9.45. The van der Waals surface area contributed by atoms with Gasteiger partial charge in [-0.3, -0.25) is 0 Å². The highest BCUT2D eigenvalue weighted by atomic mass is 19.1. The van der Waals surface area contributed by atoms with Crippen LogP contribution in [0.25, 0.3) is 33.6 Å². The van der Waals surface area contributed by atoms with Crippen molar-refractivity contribution in [1.29, 1.82) is 0 Å². The van der Waals surface area contributed by atoms with Gasteiger partial charge in [0.2, 0.25) is 0 Å². The van der Waals surface area contributed by atoms with Gasteiger partial charge in [0.1, 0.15) is 17.1 Å². The highest BCUT2D eigenvalue weighted by Gasteiger charge is 2.20. The maximum atomic E-state index is 14.1. The fraction of sp³-hybridized carbons (Fsp3) is 0.333. The SMILES string of the molecule is CC(C)(C)CNCCn1c(Cc2cc3ncoc3cc2-c2ccco2)nc2c(N)nc(F)nc21. The Hall–Kier alpha value is -3.79. The standard InChI is InChI=1S/C24H26FN7O2/c1-24(2,3)12-27-6-7-32-19(29-20-21(26)30-23(25)31-22(20)32)10-14-9-16-18(34-13-28-16)11-15(14)17-5-4-8-33-17/h4-5,8-9,11,13,27H,6-7,10,12H2,1-3H3,(H2,26,30,31). The highest BCUT2D eigenvalue weighted by molar-refractivity contribution is 5.83. The molecule has 10 heteroatoms. The summed E-state index contributed by atoms with van der Waals surface area (Å²) in [6, 6.07) is 7.58. The van der Waals surface area contributed by atoms with Crippen LogP contribution in [0, 0.1) is 11.5 Å². The number of hydrogen-bond acceptors (Lipinski definition) is 8. The van der Waals surface area contributed by atoms with Gasteiger partial charge in [-0.05, 0) is 35.2 Å². The number of aromatic nitrogens is 5. The van der Waals surface area contributed by atoms with Gasteiger partial charge < -0.3 is 24.5 Å². The highest BCUT2D eigenvalue weighted by Crippen LogP contribution is 2.31. The van der Waals surface area contributed by atoms with Crippen LogP contribution in [0.1, 0.15) is 32.2 Å². The molecule has 0 saturated carbocycles. The van der Waals surface area contributed by atoms with Crippen LogP contribution in [0.5, 0.6) is 0 Å². The summed E-state index contributed by atoms with van der Waals surface area (Å²) in [5.74, 6) is 1.41. The number of rotatable bonds is 7. The summed E-state index contributed by atoms with van der Waals surface area (Å²) in [5.41, 5.74) is 10.1. The van der Waals surface area contributed by atoms with Gasteiger partial charge in [-0.1, -0.05) is 20.8 Å². The molecule has 0 aliphatic carbocycles. The van der Waals surface area contributed by atoms with E-state index in [4.69, 9.17) is 19.6 Å². The molecule has 3 N–H and O–H groups in total. The van der Waals surface area contributed by atoms with E-state index in [0.29, 0.717) is 47.8 Å². The smallest absolute Gasteiger partial charge is 0.312 e. The molecule has 9 nitrogen and oxygen atoms in total. The van der Waals surface area contributed by atoms with Gasteiger partial charge in [-0.15, -0.1) is 0 Å². The first kappa shape index (κ1) is 22.0. The Bertz CT molecular complexity index is 1450. The van der Waals surface area contributed by atoms with E-state index >= 15 is 0 Å². The minimum absolute atomic E-state index is 0.0170. The lowest BCUT2D eigenvalue weighted by Crippen LogP contribution is -2.30. The largest absolute Gasteiger partial charge is 0.464 e. The normalized spacial score (nSPS) is 12.2. The second-order valence-corrected chi connectivity index (χ2v) is 9.45. The van der Waals surface area contributed by atoms with E-state index in [9.17, 15) is 4.39 Å². The Morgan fingerprint density at radius 2 is 2.00 bits per heavy atom. The number of hydrogen-bond donors (Lipinski definition) is 2. The first-order valence-electron chi connectivity index (χ1n) is 11.1. The number of nitrogen functional groups attached to an aromatic ring is 1. The number of furan rings is 1. The maximum Gasteiger partial charge on any atom is 0.312 e. The molecule has 0 aliphatic rings. The molecule has 5 aromatic rings. The van der Waals surface area contributed by atoms with Crippen molar-refractivity contribution in [1.82, 2.24) is 29.8 Å². The van der Waals surface area contributed by atoms with Crippen molar-refractivity contribution >= 4 is 28.1 Å². The number of anilines is 1. The summed E-state index contributed by atoms with van der Waals surface area (Å²) in [5, 5.41) is 3.45. The molecule has 0 bridgehead atoms. The van der Waals surface area contributed by atoms with E-state index in [2.05, 4.69) is 41.0 Å². The van der Waals surface area contributed by atoms with Gasteiger partial charge in [-0.2, -0.15) is 14.4 Å². The number of nitrogens with two attached hydrogens (primary N) is 1. The van der Waals surface area contributed by atoms with E-state index in [1.165, 1.54) is 6.39 Å². The molecule has 4 heterocycles. The summed E-state index contributed by atoms with van der Waals surface area (Å²) in [7, 11) is 0. The van der Waals surface area contributed by atoms with Gasteiger partial charge >= 0.3 is 6.08 Å². The molecule has 0 saturated heterocycles. The fourth-order valence-corrected chi connectivity index (χ4v) is 3.99. The molecule has 0 aliphatic heterocycles. The van der Waals surface area contributed by atoms with Crippen LogP contribution in [0.3, 0.4) is 0 Å². The van der Waals surface area contributed by atoms with Gasteiger partial charge in [-0.25, -0.2) is 9.97 Å². The summed E-state index contributed by atoms with van der Waals surface area (Å²) in [6.45, 7) is 8.54. The first-order chi connectivity index (χ1) is 16.3. The fourth-order valence-electron chi connectivity index (χ4n) is 3.99. The molecule has 0 atom stereocenters. The Balaban J connectivity index is 1.56. The van der Waals surface area contributed by atoms with E-state index in [1.807, 2.05) is 28.8 Å². The van der Waals surface area contributed by atoms with Crippen LogP contribution < -0.4 is 11.1 Å². The van der Waals surface area contributed by atoms with Crippen LogP contribution in [-0.2, 0) is 13.0 Å². The van der Waals surface area contributed by atoms with Crippen LogP contribution in [0.4, 0.5) is 10.2 Å². The average molecular weight is 464 g/mol. The zero-order valence-electron chi connectivity index (χ0n) is 19.3. The van der Waals surface area contributed by atoms with Gasteiger partial charge in [0.25, 0.3) is 0 Å². The van der Waals surface area contributed by atoms with Crippen molar-refractivity contribution in [3.8, 4) is 11.3 Å². The van der Waals surface area contributed by atoms with Gasteiger partial charge in [0, 0.05) is 31.6 Å². The molecular weight excluding hydrogens is 437 g/mol. The third-order valence-corrected chi connectivity index (χ3v) is 5.53. The van der Waals surface area contributed by atoms with Crippen molar-refractivity contribution in [2.24, 2.45) is 5.41 Å². The quantitative estimate of drug-likeness (QED) is 0.272. The van der Waals surface area contributed by atoms with Crippen molar-refractivity contribution < 1.29 is 13.2 Å². The predicted molar refractivity (Wildman–Crippen MR) is 127 cm³/mol. The van der Waals surface area contributed by atoms with E-state index in [1.54, 1.807) is 6.26 Å².